The maximum atomic E-state index is 12.8. The number of rotatable bonds is 2. The van der Waals surface area contributed by atoms with Crippen LogP contribution in [0.15, 0.2) is 41.2 Å². The molecule has 1 N–H and O–H groups in total. The van der Waals surface area contributed by atoms with Gasteiger partial charge in [0.15, 0.2) is 0 Å². The van der Waals surface area contributed by atoms with Crippen molar-refractivity contribution in [2.45, 2.75) is 6.04 Å². The summed E-state index contributed by atoms with van der Waals surface area (Å²) in [6.07, 6.45) is 0. The first-order valence-electron chi connectivity index (χ1n) is 7.29. The summed E-state index contributed by atoms with van der Waals surface area (Å²) >= 11 is 1.47. The summed E-state index contributed by atoms with van der Waals surface area (Å²) in [7, 11) is 0. The lowest BCUT2D eigenvalue weighted by Gasteiger charge is -2.27. The van der Waals surface area contributed by atoms with Gasteiger partial charge in [-0.2, -0.15) is 0 Å². The van der Waals surface area contributed by atoms with Crippen molar-refractivity contribution in [2.75, 3.05) is 19.6 Å². The number of aromatic nitrogens is 1. The predicted octanol–water partition coefficient (Wildman–Crippen LogP) is 2.60. The average Bonchev–Trinajstić information content (AvgIpc) is 3.23. The largest absolute Gasteiger partial charge is 0.330 e. The third-order valence-corrected chi connectivity index (χ3v) is 5.20. The van der Waals surface area contributed by atoms with Gasteiger partial charge in [0.2, 0.25) is 0 Å². The van der Waals surface area contributed by atoms with E-state index in [2.05, 4.69) is 34.6 Å². The van der Waals surface area contributed by atoms with E-state index in [9.17, 15) is 4.79 Å². The number of benzene rings is 1. The SMILES string of the molecule is Cl.O=C(c1cscn1)N1C[C@@H]2CNC[C@@H]2[C@H]1c1ccccc1. The summed E-state index contributed by atoms with van der Waals surface area (Å²) in [5.74, 6) is 1.13. The van der Waals surface area contributed by atoms with Crippen molar-refractivity contribution >= 4 is 29.7 Å². The van der Waals surface area contributed by atoms with Crippen LogP contribution in [0.2, 0.25) is 0 Å². The third-order valence-electron chi connectivity index (χ3n) is 4.62. The first kappa shape index (κ1) is 15.5. The second kappa shape index (κ2) is 6.36. The highest BCUT2D eigenvalue weighted by Crippen LogP contribution is 2.43. The normalized spacial score (nSPS) is 26.5. The van der Waals surface area contributed by atoms with E-state index < -0.39 is 0 Å². The summed E-state index contributed by atoms with van der Waals surface area (Å²) in [5, 5.41) is 5.31. The molecule has 2 fully saturated rings. The van der Waals surface area contributed by atoms with Gasteiger partial charge in [-0.25, -0.2) is 4.98 Å². The van der Waals surface area contributed by atoms with Gasteiger partial charge in [0.05, 0.1) is 11.6 Å². The summed E-state index contributed by atoms with van der Waals surface area (Å²) in [5.41, 5.74) is 3.54. The minimum Gasteiger partial charge on any atom is -0.330 e. The maximum Gasteiger partial charge on any atom is 0.273 e. The van der Waals surface area contributed by atoms with E-state index in [1.54, 1.807) is 5.51 Å². The van der Waals surface area contributed by atoms with E-state index in [0.717, 1.165) is 19.6 Å². The van der Waals surface area contributed by atoms with Crippen molar-refractivity contribution < 1.29 is 4.79 Å². The molecule has 2 aliphatic rings. The molecule has 2 aliphatic heterocycles. The Balaban J connectivity index is 0.00000144. The molecule has 22 heavy (non-hydrogen) atoms. The molecule has 6 heteroatoms. The summed E-state index contributed by atoms with van der Waals surface area (Å²) in [6.45, 7) is 2.83. The van der Waals surface area contributed by atoms with Crippen molar-refractivity contribution in [3.05, 3.63) is 52.5 Å². The Labute approximate surface area is 140 Å². The lowest BCUT2D eigenvalue weighted by Crippen LogP contribution is -2.34. The van der Waals surface area contributed by atoms with Gasteiger partial charge in [0.25, 0.3) is 5.91 Å². The Bertz CT molecular complexity index is 634. The topological polar surface area (TPSA) is 45.2 Å². The van der Waals surface area contributed by atoms with Crippen molar-refractivity contribution in [1.29, 1.82) is 0 Å². The number of thiazole rings is 1. The van der Waals surface area contributed by atoms with Gasteiger partial charge < -0.3 is 10.2 Å². The molecule has 0 bridgehead atoms. The van der Waals surface area contributed by atoms with Crippen LogP contribution in [0, 0.1) is 11.8 Å². The molecule has 0 unspecified atom stereocenters. The molecule has 2 aromatic rings. The number of fused-ring (bicyclic) bond motifs is 1. The number of hydrogen-bond acceptors (Lipinski definition) is 4. The molecule has 2 saturated heterocycles. The third kappa shape index (κ3) is 2.53. The number of likely N-dealkylation sites (tertiary alicyclic amines) is 1. The molecule has 0 radical (unpaired) electrons. The molecule has 0 aliphatic carbocycles. The van der Waals surface area contributed by atoms with E-state index in [1.807, 2.05) is 16.3 Å². The average molecular weight is 336 g/mol. The van der Waals surface area contributed by atoms with Crippen LogP contribution in [0.25, 0.3) is 0 Å². The number of nitrogens with one attached hydrogen (secondary N) is 1. The molecule has 3 atom stereocenters. The van der Waals surface area contributed by atoms with E-state index in [0.29, 0.717) is 17.5 Å². The standard InChI is InChI=1S/C16H17N3OS.ClH/c20-16(14-9-21-10-18-14)19-8-12-6-17-7-13(12)15(19)11-4-2-1-3-5-11;/h1-5,9-10,12-13,15,17H,6-8H2;1H/t12-,13-,15+;/m0./s1. The van der Waals surface area contributed by atoms with E-state index in [-0.39, 0.29) is 24.4 Å². The Kier molecular flexibility index (Phi) is 4.47. The second-order valence-corrected chi connectivity index (χ2v) is 6.49. The molecule has 116 valence electrons. The van der Waals surface area contributed by atoms with Crippen molar-refractivity contribution in [3.8, 4) is 0 Å². The number of carbonyl (C=O) groups excluding carboxylic acids is 1. The molecule has 1 aromatic carbocycles. The Morgan fingerprint density at radius 1 is 1.27 bits per heavy atom. The zero-order chi connectivity index (χ0) is 14.2. The van der Waals surface area contributed by atoms with Crippen LogP contribution in [0.1, 0.15) is 22.1 Å². The predicted molar refractivity (Wildman–Crippen MR) is 89.4 cm³/mol. The summed E-state index contributed by atoms with van der Waals surface area (Å²) < 4.78 is 0. The molecular formula is C16H18ClN3OS. The molecule has 4 rings (SSSR count). The second-order valence-electron chi connectivity index (χ2n) is 5.77. The Morgan fingerprint density at radius 2 is 2.09 bits per heavy atom. The van der Waals surface area contributed by atoms with Crippen LogP contribution in [-0.4, -0.2) is 35.4 Å². The number of amides is 1. The molecule has 3 heterocycles. The van der Waals surface area contributed by atoms with Gasteiger partial charge in [-0.15, -0.1) is 23.7 Å². The van der Waals surface area contributed by atoms with Crippen molar-refractivity contribution in [3.63, 3.8) is 0 Å². The first-order chi connectivity index (χ1) is 10.3. The number of hydrogen-bond donors (Lipinski definition) is 1. The van der Waals surface area contributed by atoms with Gasteiger partial charge in [-0.3, -0.25) is 4.79 Å². The smallest absolute Gasteiger partial charge is 0.273 e. The minimum atomic E-state index is 0. The van der Waals surface area contributed by atoms with Crippen LogP contribution in [-0.2, 0) is 0 Å². The lowest BCUT2D eigenvalue weighted by molar-refractivity contribution is 0.0709. The van der Waals surface area contributed by atoms with E-state index >= 15 is 0 Å². The highest BCUT2D eigenvalue weighted by Gasteiger charge is 2.47. The Hall–Kier alpha value is -1.43. The van der Waals surface area contributed by atoms with Gasteiger partial charge in [-0.1, -0.05) is 30.3 Å². The van der Waals surface area contributed by atoms with Gasteiger partial charge in [0.1, 0.15) is 5.69 Å². The molecule has 0 saturated carbocycles. The van der Waals surface area contributed by atoms with Gasteiger partial charge in [0, 0.05) is 30.9 Å². The van der Waals surface area contributed by atoms with Crippen LogP contribution in [0.5, 0.6) is 0 Å². The highest BCUT2D eigenvalue weighted by atomic mass is 35.5. The quantitative estimate of drug-likeness (QED) is 0.917. The fourth-order valence-corrected chi connectivity index (χ4v) is 4.20. The highest BCUT2D eigenvalue weighted by molar-refractivity contribution is 7.07. The summed E-state index contributed by atoms with van der Waals surface area (Å²) in [6, 6.07) is 10.6. The molecule has 1 amide bonds. The molecular weight excluding hydrogens is 318 g/mol. The molecule has 1 aromatic heterocycles. The molecule has 4 nitrogen and oxygen atoms in total. The van der Waals surface area contributed by atoms with Crippen LogP contribution in [0.3, 0.4) is 0 Å². The maximum absolute atomic E-state index is 12.8. The minimum absolute atomic E-state index is 0. The summed E-state index contributed by atoms with van der Waals surface area (Å²) in [4.78, 5) is 19.0. The lowest BCUT2D eigenvalue weighted by atomic mass is 9.89. The van der Waals surface area contributed by atoms with E-state index in [1.165, 1.54) is 16.9 Å². The zero-order valence-electron chi connectivity index (χ0n) is 12.0. The fourth-order valence-electron chi connectivity index (χ4n) is 3.67. The van der Waals surface area contributed by atoms with E-state index in [4.69, 9.17) is 0 Å². The zero-order valence-corrected chi connectivity index (χ0v) is 13.6. The number of halogens is 1. The van der Waals surface area contributed by atoms with Gasteiger partial charge in [-0.05, 0) is 11.5 Å². The van der Waals surface area contributed by atoms with Crippen LogP contribution in [0.4, 0.5) is 0 Å². The first-order valence-corrected chi connectivity index (χ1v) is 8.23. The molecule has 0 spiro atoms. The number of carbonyl (C=O) groups is 1. The monoisotopic (exact) mass is 335 g/mol. The van der Waals surface area contributed by atoms with Gasteiger partial charge >= 0.3 is 0 Å². The van der Waals surface area contributed by atoms with Crippen LogP contribution >= 0.6 is 23.7 Å². The fraction of sp³-hybridized carbons (Fsp3) is 0.375. The van der Waals surface area contributed by atoms with Crippen LogP contribution < -0.4 is 5.32 Å². The Morgan fingerprint density at radius 3 is 2.82 bits per heavy atom. The van der Waals surface area contributed by atoms with Crippen molar-refractivity contribution in [2.24, 2.45) is 11.8 Å². The number of nitrogens with zero attached hydrogens (tertiary/aromatic N) is 2. The van der Waals surface area contributed by atoms with Crippen molar-refractivity contribution in [1.82, 2.24) is 15.2 Å².